The molecule has 1 unspecified atom stereocenters. The largest absolute Gasteiger partial charge is 0.274 e. The number of nitriles is 1. The molecule has 0 aromatic heterocycles. The number of hydrogen-bond acceptors (Lipinski definition) is 3. The van der Waals surface area contributed by atoms with Crippen molar-refractivity contribution in [2.75, 3.05) is 19.6 Å². The van der Waals surface area contributed by atoms with E-state index in [4.69, 9.17) is 5.26 Å². The van der Waals surface area contributed by atoms with Crippen LogP contribution >= 0.6 is 0 Å². The number of amides is 1. The van der Waals surface area contributed by atoms with Crippen LogP contribution in [-0.4, -0.2) is 35.6 Å². The van der Waals surface area contributed by atoms with Crippen molar-refractivity contribution in [3.05, 3.63) is 0 Å². The first-order chi connectivity index (χ1) is 6.81. The van der Waals surface area contributed by atoms with Crippen LogP contribution in [0.5, 0.6) is 0 Å². The van der Waals surface area contributed by atoms with Crippen LogP contribution in [0.1, 0.15) is 25.7 Å². The first kappa shape index (κ1) is 9.47. The molecule has 4 nitrogen and oxygen atoms in total. The van der Waals surface area contributed by atoms with Gasteiger partial charge in [-0.25, -0.2) is 5.01 Å². The summed E-state index contributed by atoms with van der Waals surface area (Å²) in [7, 11) is 0. The lowest BCUT2D eigenvalue weighted by molar-refractivity contribution is -0.144. The first-order valence-corrected chi connectivity index (χ1v) is 5.26. The van der Waals surface area contributed by atoms with Crippen LogP contribution in [0, 0.1) is 17.2 Å². The van der Waals surface area contributed by atoms with Gasteiger partial charge in [0.2, 0.25) is 5.91 Å². The molecular weight excluding hydrogens is 178 g/mol. The van der Waals surface area contributed by atoms with Crippen molar-refractivity contribution in [3.8, 4) is 6.07 Å². The summed E-state index contributed by atoms with van der Waals surface area (Å²) in [5.41, 5.74) is 0. The predicted octanol–water partition coefficient (Wildman–Crippen LogP) is 0.759. The fraction of sp³-hybridized carbons (Fsp3) is 0.800. The van der Waals surface area contributed by atoms with Crippen LogP contribution < -0.4 is 0 Å². The van der Waals surface area contributed by atoms with Crippen molar-refractivity contribution in [1.82, 2.24) is 10.0 Å². The van der Waals surface area contributed by atoms with Crippen LogP contribution in [0.4, 0.5) is 0 Å². The van der Waals surface area contributed by atoms with Crippen LogP contribution in [0.15, 0.2) is 0 Å². The van der Waals surface area contributed by atoms with Gasteiger partial charge in [-0.3, -0.25) is 9.80 Å². The summed E-state index contributed by atoms with van der Waals surface area (Å²) in [4.78, 5) is 11.6. The van der Waals surface area contributed by atoms with Crippen LogP contribution in [0.25, 0.3) is 0 Å². The molecule has 2 aliphatic heterocycles. The summed E-state index contributed by atoms with van der Waals surface area (Å²) in [5, 5.41) is 12.7. The van der Waals surface area contributed by atoms with Gasteiger partial charge >= 0.3 is 0 Å². The van der Waals surface area contributed by atoms with Gasteiger partial charge in [-0.15, -0.1) is 0 Å². The molecule has 0 aromatic rings. The normalized spacial score (nSPS) is 29.2. The summed E-state index contributed by atoms with van der Waals surface area (Å²) in [6.07, 6.45) is 4.01. The second-order valence-corrected chi connectivity index (χ2v) is 4.02. The summed E-state index contributed by atoms with van der Waals surface area (Å²) >= 11 is 0. The van der Waals surface area contributed by atoms with Gasteiger partial charge in [0.25, 0.3) is 0 Å². The molecule has 0 saturated carbocycles. The molecule has 1 atom stereocenters. The maximum Gasteiger partial charge on any atom is 0.238 e. The summed E-state index contributed by atoms with van der Waals surface area (Å²) in [6, 6.07) is 2.17. The highest BCUT2D eigenvalue weighted by atomic mass is 16.2. The zero-order valence-electron chi connectivity index (χ0n) is 8.28. The maximum absolute atomic E-state index is 11.6. The van der Waals surface area contributed by atoms with Crippen molar-refractivity contribution in [2.24, 2.45) is 5.92 Å². The minimum atomic E-state index is -0.0931. The van der Waals surface area contributed by atoms with Gasteiger partial charge in [0.15, 0.2) is 0 Å². The molecule has 0 spiro atoms. The third-order valence-electron chi connectivity index (χ3n) is 2.96. The summed E-state index contributed by atoms with van der Waals surface area (Å²) in [5.74, 6) is 0.0304. The molecule has 0 aliphatic carbocycles. The fourth-order valence-electron chi connectivity index (χ4n) is 2.17. The Morgan fingerprint density at radius 3 is 2.57 bits per heavy atom. The third kappa shape index (κ3) is 1.73. The van der Waals surface area contributed by atoms with E-state index in [1.807, 2.05) is 0 Å². The van der Waals surface area contributed by atoms with Crippen molar-refractivity contribution >= 4 is 5.91 Å². The zero-order valence-corrected chi connectivity index (χ0v) is 8.28. The zero-order chi connectivity index (χ0) is 9.97. The molecule has 2 saturated heterocycles. The van der Waals surface area contributed by atoms with Crippen molar-refractivity contribution in [2.45, 2.75) is 25.7 Å². The van der Waals surface area contributed by atoms with E-state index >= 15 is 0 Å². The lowest BCUT2D eigenvalue weighted by Crippen LogP contribution is -2.46. The van der Waals surface area contributed by atoms with Crippen LogP contribution in [-0.2, 0) is 4.79 Å². The molecule has 0 N–H and O–H groups in total. The Balaban J connectivity index is 1.97. The van der Waals surface area contributed by atoms with Gasteiger partial charge in [-0.2, -0.15) is 5.26 Å². The monoisotopic (exact) mass is 193 g/mol. The number of carbonyl (C=O) groups excluding carboxylic acids is 1. The van der Waals surface area contributed by atoms with E-state index in [0.29, 0.717) is 13.0 Å². The molecule has 2 heterocycles. The van der Waals surface area contributed by atoms with Gasteiger partial charge in [-0.1, -0.05) is 6.42 Å². The van der Waals surface area contributed by atoms with Gasteiger partial charge < -0.3 is 0 Å². The van der Waals surface area contributed by atoms with Gasteiger partial charge in [0.1, 0.15) is 0 Å². The van der Waals surface area contributed by atoms with E-state index in [9.17, 15) is 4.79 Å². The molecule has 2 fully saturated rings. The van der Waals surface area contributed by atoms with E-state index in [2.05, 4.69) is 11.1 Å². The molecule has 0 radical (unpaired) electrons. The van der Waals surface area contributed by atoms with Crippen LogP contribution in [0.3, 0.4) is 0 Å². The standard InChI is InChI=1S/C10H15N3O/c11-7-9-6-10(14)13(8-9)12-4-2-1-3-5-12/h9H,1-6,8H2. The minimum Gasteiger partial charge on any atom is -0.274 e. The highest BCUT2D eigenvalue weighted by Crippen LogP contribution is 2.21. The number of carbonyl (C=O) groups is 1. The number of piperidine rings is 1. The second-order valence-electron chi connectivity index (χ2n) is 4.02. The number of nitrogens with zero attached hydrogens (tertiary/aromatic N) is 3. The van der Waals surface area contributed by atoms with E-state index in [1.54, 1.807) is 5.01 Å². The molecule has 14 heavy (non-hydrogen) atoms. The molecule has 0 aromatic carbocycles. The second kappa shape index (κ2) is 3.97. The van der Waals surface area contributed by atoms with E-state index in [-0.39, 0.29) is 11.8 Å². The van der Waals surface area contributed by atoms with Crippen LogP contribution in [0.2, 0.25) is 0 Å². The Kier molecular flexibility index (Phi) is 2.69. The lowest BCUT2D eigenvalue weighted by atomic mass is 10.1. The minimum absolute atomic E-state index is 0.0931. The van der Waals surface area contributed by atoms with E-state index in [1.165, 1.54) is 19.3 Å². The number of hydrogen-bond donors (Lipinski definition) is 0. The molecule has 76 valence electrons. The van der Waals surface area contributed by atoms with E-state index < -0.39 is 0 Å². The fourth-order valence-corrected chi connectivity index (χ4v) is 2.17. The van der Waals surface area contributed by atoms with Gasteiger partial charge in [0.05, 0.1) is 18.5 Å². The maximum atomic E-state index is 11.6. The molecule has 4 heteroatoms. The molecule has 0 bridgehead atoms. The highest BCUT2D eigenvalue weighted by molar-refractivity contribution is 5.78. The highest BCUT2D eigenvalue weighted by Gasteiger charge is 2.33. The van der Waals surface area contributed by atoms with Crippen molar-refractivity contribution in [1.29, 1.82) is 5.26 Å². The number of hydrazine groups is 1. The third-order valence-corrected chi connectivity index (χ3v) is 2.96. The van der Waals surface area contributed by atoms with Gasteiger partial charge in [0, 0.05) is 19.5 Å². The summed E-state index contributed by atoms with van der Waals surface area (Å²) < 4.78 is 0. The smallest absolute Gasteiger partial charge is 0.238 e. The summed E-state index contributed by atoms with van der Waals surface area (Å²) in [6.45, 7) is 2.56. The molecule has 2 aliphatic rings. The molecule has 2 rings (SSSR count). The average Bonchev–Trinajstić information content (AvgIpc) is 2.61. The Bertz CT molecular complexity index is 265. The Labute approximate surface area is 84.1 Å². The Hall–Kier alpha value is -1.08. The molecular formula is C10H15N3O. The lowest BCUT2D eigenvalue weighted by Gasteiger charge is -2.34. The predicted molar refractivity (Wildman–Crippen MR) is 50.9 cm³/mol. The Morgan fingerprint density at radius 1 is 1.29 bits per heavy atom. The van der Waals surface area contributed by atoms with E-state index in [0.717, 1.165) is 13.1 Å². The topological polar surface area (TPSA) is 47.3 Å². The van der Waals surface area contributed by atoms with Gasteiger partial charge in [-0.05, 0) is 12.8 Å². The first-order valence-electron chi connectivity index (χ1n) is 5.26. The quantitative estimate of drug-likeness (QED) is 0.617. The van der Waals surface area contributed by atoms with Crippen molar-refractivity contribution < 1.29 is 4.79 Å². The SMILES string of the molecule is N#CC1CC(=O)N(N2CCCCC2)C1. The number of rotatable bonds is 1. The average molecular weight is 193 g/mol. The molecule has 1 amide bonds. The van der Waals surface area contributed by atoms with Crippen molar-refractivity contribution in [3.63, 3.8) is 0 Å². The Morgan fingerprint density at radius 2 is 2.00 bits per heavy atom.